The first-order valence-corrected chi connectivity index (χ1v) is 11.1. The number of benzene rings is 2. The van der Waals surface area contributed by atoms with Crippen molar-refractivity contribution in [3.63, 3.8) is 0 Å². The van der Waals surface area contributed by atoms with Crippen molar-refractivity contribution in [1.82, 2.24) is 4.57 Å². The van der Waals surface area contributed by atoms with Crippen LogP contribution in [0.2, 0.25) is 0 Å². The van der Waals surface area contributed by atoms with Gasteiger partial charge in [-0.05, 0) is 37.1 Å². The summed E-state index contributed by atoms with van der Waals surface area (Å²) in [5.74, 6) is 1.27. The maximum absolute atomic E-state index is 2.42. The van der Waals surface area contributed by atoms with Gasteiger partial charge < -0.3 is 0 Å². The molecule has 0 N–H and O–H groups in total. The number of nitrogens with zero attached hydrogens (tertiary/aromatic N) is 2. The molecule has 0 saturated carbocycles. The molecule has 0 atom stereocenters. The largest absolute Gasteiger partial charge is 0.294 e. The van der Waals surface area contributed by atoms with Crippen molar-refractivity contribution in [3.05, 3.63) is 73.1 Å². The molecule has 0 spiro atoms. The van der Waals surface area contributed by atoms with Gasteiger partial charge in [0.25, 0.3) is 5.82 Å². The van der Waals surface area contributed by atoms with Crippen LogP contribution in [0.1, 0.15) is 64.7 Å². The lowest BCUT2D eigenvalue weighted by atomic mass is 10.1. The Bertz CT molecular complexity index is 790. The number of hydrogen-bond acceptors (Lipinski definition) is 0. The molecule has 0 aliphatic carbocycles. The van der Waals surface area contributed by atoms with Crippen LogP contribution >= 0.6 is 0 Å². The Morgan fingerprint density at radius 3 is 1.89 bits per heavy atom. The zero-order valence-electron chi connectivity index (χ0n) is 17.4. The van der Waals surface area contributed by atoms with Crippen LogP contribution in [-0.4, -0.2) is 4.57 Å². The number of para-hydroxylation sites is 1. The highest BCUT2D eigenvalue weighted by Gasteiger charge is 2.20. The van der Waals surface area contributed by atoms with Crippen molar-refractivity contribution >= 4 is 0 Å². The molecule has 1 aromatic heterocycles. The standard InChI is InChI=1S/C26H35N2/c1-2-3-4-5-6-7-8-9-16-21-27-22-23-28(25-19-14-11-15-20-25)26(27)24-17-12-10-13-18-24/h10-15,17-20,22-23H,2-9,16,21H2,1H3/q+1. The molecule has 148 valence electrons. The SMILES string of the molecule is CCCCCCCCCCC[n+]1ccn(-c2ccccc2)c1-c1ccccc1. The Hall–Kier alpha value is -2.35. The van der Waals surface area contributed by atoms with Gasteiger partial charge in [-0.15, -0.1) is 0 Å². The zero-order valence-corrected chi connectivity index (χ0v) is 17.4. The number of hydrogen-bond donors (Lipinski definition) is 0. The Morgan fingerprint density at radius 1 is 0.679 bits per heavy atom. The summed E-state index contributed by atoms with van der Waals surface area (Å²) in [6.07, 6.45) is 16.8. The maximum atomic E-state index is 2.42. The highest BCUT2D eigenvalue weighted by molar-refractivity contribution is 5.55. The molecular formula is C26H35N2+. The second-order valence-corrected chi connectivity index (χ2v) is 7.72. The molecule has 3 rings (SSSR count). The van der Waals surface area contributed by atoms with E-state index in [1.54, 1.807) is 0 Å². The van der Waals surface area contributed by atoms with Gasteiger partial charge in [0.1, 0.15) is 18.1 Å². The lowest BCUT2D eigenvalue weighted by molar-refractivity contribution is -0.685. The monoisotopic (exact) mass is 375 g/mol. The highest BCUT2D eigenvalue weighted by Crippen LogP contribution is 2.20. The highest BCUT2D eigenvalue weighted by atomic mass is 15.2. The summed E-state index contributed by atoms with van der Waals surface area (Å²) in [7, 11) is 0. The smallest absolute Gasteiger partial charge is 0.230 e. The minimum absolute atomic E-state index is 1.08. The molecule has 28 heavy (non-hydrogen) atoms. The van der Waals surface area contributed by atoms with Gasteiger partial charge in [-0.25, -0.2) is 4.57 Å². The van der Waals surface area contributed by atoms with Gasteiger partial charge in [0.15, 0.2) is 0 Å². The van der Waals surface area contributed by atoms with E-state index in [9.17, 15) is 0 Å². The summed E-state index contributed by atoms with van der Waals surface area (Å²) in [5, 5.41) is 0. The molecule has 0 amide bonds. The van der Waals surface area contributed by atoms with Crippen molar-refractivity contribution in [2.24, 2.45) is 0 Å². The van der Waals surface area contributed by atoms with E-state index in [0.29, 0.717) is 0 Å². The molecule has 2 heteroatoms. The second-order valence-electron chi connectivity index (χ2n) is 7.72. The first kappa shape index (κ1) is 20.4. The molecule has 0 fully saturated rings. The molecule has 0 unspecified atom stereocenters. The normalized spacial score (nSPS) is 11.0. The van der Waals surface area contributed by atoms with Gasteiger partial charge in [0.2, 0.25) is 0 Å². The van der Waals surface area contributed by atoms with E-state index >= 15 is 0 Å². The summed E-state index contributed by atoms with van der Waals surface area (Å²) in [5.41, 5.74) is 2.49. The molecule has 0 aliphatic rings. The van der Waals surface area contributed by atoms with E-state index in [-0.39, 0.29) is 0 Å². The van der Waals surface area contributed by atoms with Crippen LogP contribution in [-0.2, 0) is 6.54 Å². The third-order valence-electron chi connectivity index (χ3n) is 5.46. The topological polar surface area (TPSA) is 8.81 Å². The summed E-state index contributed by atoms with van der Waals surface area (Å²) >= 11 is 0. The number of rotatable bonds is 12. The van der Waals surface area contributed by atoms with Crippen LogP contribution in [0.5, 0.6) is 0 Å². The number of aryl methyl sites for hydroxylation is 1. The van der Waals surface area contributed by atoms with E-state index in [1.807, 2.05) is 0 Å². The molecule has 2 aromatic carbocycles. The van der Waals surface area contributed by atoms with Gasteiger partial charge in [-0.3, -0.25) is 0 Å². The minimum atomic E-state index is 1.08. The predicted molar refractivity (Wildman–Crippen MR) is 119 cm³/mol. The van der Waals surface area contributed by atoms with Crippen molar-refractivity contribution in [1.29, 1.82) is 0 Å². The number of imidazole rings is 1. The summed E-state index contributed by atoms with van der Waals surface area (Å²) in [6, 6.07) is 21.4. The van der Waals surface area contributed by atoms with Crippen LogP contribution in [0.15, 0.2) is 73.1 Å². The minimum Gasteiger partial charge on any atom is -0.230 e. The first-order chi connectivity index (χ1) is 13.9. The van der Waals surface area contributed by atoms with E-state index in [4.69, 9.17) is 0 Å². The third-order valence-corrected chi connectivity index (χ3v) is 5.46. The van der Waals surface area contributed by atoms with Crippen LogP contribution in [0.4, 0.5) is 0 Å². The van der Waals surface area contributed by atoms with Gasteiger partial charge in [0.05, 0.1) is 12.1 Å². The Morgan fingerprint density at radius 2 is 1.25 bits per heavy atom. The van der Waals surface area contributed by atoms with Gasteiger partial charge in [-0.2, -0.15) is 4.57 Å². The number of aromatic nitrogens is 2. The molecule has 3 aromatic rings. The van der Waals surface area contributed by atoms with Crippen LogP contribution < -0.4 is 4.57 Å². The fourth-order valence-electron chi connectivity index (χ4n) is 3.89. The molecule has 0 bridgehead atoms. The maximum Gasteiger partial charge on any atom is 0.294 e. The van der Waals surface area contributed by atoms with Crippen LogP contribution in [0, 0.1) is 0 Å². The fraction of sp³-hybridized carbons (Fsp3) is 0.423. The Labute approximate surface area is 170 Å². The van der Waals surface area contributed by atoms with E-state index in [1.165, 1.54) is 74.9 Å². The molecule has 2 nitrogen and oxygen atoms in total. The van der Waals surface area contributed by atoms with Crippen LogP contribution in [0.25, 0.3) is 17.1 Å². The molecular weight excluding hydrogens is 340 g/mol. The molecule has 0 radical (unpaired) electrons. The lowest BCUT2D eigenvalue weighted by Crippen LogP contribution is -2.34. The first-order valence-electron chi connectivity index (χ1n) is 11.1. The van der Waals surface area contributed by atoms with Gasteiger partial charge >= 0.3 is 0 Å². The fourth-order valence-corrected chi connectivity index (χ4v) is 3.89. The molecule has 0 aliphatic heterocycles. The number of unbranched alkanes of at least 4 members (excludes halogenated alkanes) is 8. The van der Waals surface area contributed by atoms with Crippen molar-refractivity contribution in [2.45, 2.75) is 71.3 Å². The Kier molecular flexibility index (Phi) is 8.36. The van der Waals surface area contributed by atoms with Crippen molar-refractivity contribution in [3.8, 4) is 17.1 Å². The lowest BCUT2D eigenvalue weighted by Gasteiger charge is -2.06. The third kappa shape index (κ3) is 5.82. The Balaban J connectivity index is 1.60. The van der Waals surface area contributed by atoms with Gasteiger partial charge in [-0.1, -0.05) is 88.3 Å². The average molecular weight is 376 g/mol. The van der Waals surface area contributed by atoms with E-state index < -0.39 is 0 Å². The summed E-state index contributed by atoms with van der Waals surface area (Å²) < 4.78 is 4.73. The second kappa shape index (κ2) is 11.5. The van der Waals surface area contributed by atoms with E-state index in [0.717, 1.165) is 6.54 Å². The quantitative estimate of drug-likeness (QED) is 0.239. The van der Waals surface area contributed by atoms with E-state index in [2.05, 4.69) is 89.1 Å². The average Bonchev–Trinajstić information content (AvgIpc) is 3.18. The molecule has 1 heterocycles. The summed E-state index contributed by atoms with van der Waals surface area (Å²) in [6.45, 7) is 3.37. The van der Waals surface area contributed by atoms with Crippen molar-refractivity contribution in [2.75, 3.05) is 0 Å². The van der Waals surface area contributed by atoms with Gasteiger partial charge in [0, 0.05) is 0 Å². The molecule has 0 saturated heterocycles. The van der Waals surface area contributed by atoms with Crippen LogP contribution in [0.3, 0.4) is 0 Å². The zero-order chi connectivity index (χ0) is 19.4. The predicted octanol–water partition coefficient (Wildman–Crippen LogP) is 6.96. The summed E-state index contributed by atoms with van der Waals surface area (Å²) in [4.78, 5) is 0. The van der Waals surface area contributed by atoms with Crippen molar-refractivity contribution < 1.29 is 4.57 Å².